The summed E-state index contributed by atoms with van der Waals surface area (Å²) in [6.07, 6.45) is 1.36. The number of hydrogen-bond donors (Lipinski definition) is 2. The average molecular weight is 212 g/mol. The molecule has 0 saturated heterocycles. The van der Waals surface area contributed by atoms with Gasteiger partial charge in [-0.15, -0.1) is 0 Å². The summed E-state index contributed by atoms with van der Waals surface area (Å²) in [5.41, 5.74) is 5.52. The molecular weight excluding hydrogens is 200 g/mol. The van der Waals surface area contributed by atoms with Gasteiger partial charge >= 0.3 is 5.97 Å². The lowest BCUT2D eigenvalue weighted by Gasteiger charge is -2.05. The topological polar surface area (TPSA) is 94.6 Å². The van der Waals surface area contributed by atoms with Gasteiger partial charge in [0.15, 0.2) is 0 Å². The predicted octanol–water partition coefficient (Wildman–Crippen LogP) is -1.03. The maximum atomic E-state index is 11.2. The van der Waals surface area contributed by atoms with Crippen LogP contribution in [0.5, 0.6) is 0 Å². The van der Waals surface area contributed by atoms with Gasteiger partial charge in [-0.2, -0.15) is 0 Å². The first-order valence-electron chi connectivity index (χ1n) is 4.36. The highest BCUT2D eigenvalue weighted by molar-refractivity contribution is 5.69. The van der Waals surface area contributed by atoms with Crippen molar-refractivity contribution in [2.24, 2.45) is 0 Å². The molecule has 0 atom stereocenters. The molecule has 0 unspecified atom stereocenters. The fraction of sp³-hybridized carbons (Fsp3) is 0.333. The number of anilines is 1. The van der Waals surface area contributed by atoms with Crippen LogP contribution >= 0.6 is 0 Å². The zero-order chi connectivity index (χ0) is 11.3. The van der Waals surface area contributed by atoms with Crippen LogP contribution in [0, 0.1) is 0 Å². The molecule has 6 heteroatoms. The van der Waals surface area contributed by atoms with Gasteiger partial charge in [0, 0.05) is 18.0 Å². The first-order valence-corrected chi connectivity index (χ1v) is 4.36. The van der Waals surface area contributed by atoms with Gasteiger partial charge < -0.3 is 20.1 Å². The summed E-state index contributed by atoms with van der Waals surface area (Å²) in [6.45, 7) is -0.517. The number of ether oxygens (including phenoxy) is 1. The van der Waals surface area contributed by atoms with Gasteiger partial charge in [0.2, 0.25) is 0 Å². The van der Waals surface area contributed by atoms with Gasteiger partial charge in [-0.1, -0.05) is 0 Å². The molecule has 0 fully saturated rings. The second kappa shape index (κ2) is 5.16. The number of nitrogens with zero attached hydrogens (tertiary/aromatic N) is 1. The molecule has 6 nitrogen and oxygen atoms in total. The highest BCUT2D eigenvalue weighted by atomic mass is 16.5. The number of esters is 1. The summed E-state index contributed by atoms with van der Waals surface area (Å²) in [5.74, 6) is -0.586. The number of hydrogen-bond acceptors (Lipinski definition) is 5. The average Bonchev–Trinajstić information content (AvgIpc) is 2.20. The number of carbonyl (C=O) groups is 1. The van der Waals surface area contributed by atoms with Crippen molar-refractivity contribution in [1.82, 2.24) is 4.57 Å². The Morgan fingerprint density at radius 2 is 2.27 bits per heavy atom. The maximum Gasteiger partial charge on any atom is 0.326 e. The third kappa shape index (κ3) is 3.43. The van der Waals surface area contributed by atoms with Crippen LogP contribution in [-0.4, -0.2) is 28.9 Å². The molecule has 0 aromatic carbocycles. The smallest absolute Gasteiger partial charge is 0.326 e. The van der Waals surface area contributed by atoms with Crippen molar-refractivity contribution in [3.63, 3.8) is 0 Å². The third-order valence-electron chi connectivity index (χ3n) is 1.66. The van der Waals surface area contributed by atoms with E-state index in [1.807, 2.05) is 0 Å². The van der Waals surface area contributed by atoms with E-state index in [1.54, 1.807) is 0 Å². The largest absolute Gasteiger partial charge is 0.462 e. The summed E-state index contributed by atoms with van der Waals surface area (Å²) in [7, 11) is 0. The zero-order valence-corrected chi connectivity index (χ0v) is 8.05. The van der Waals surface area contributed by atoms with Crippen molar-refractivity contribution in [2.45, 2.75) is 6.54 Å². The van der Waals surface area contributed by atoms with E-state index in [0.29, 0.717) is 5.69 Å². The van der Waals surface area contributed by atoms with Gasteiger partial charge in [0.05, 0.1) is 6.61 Å². The Balaban J connectivity index is 2.68. The lowest BCUT2D eigenvalue weighted by molar-refractivity contribution is -0.145. The number of aliphatic hydroxyl groups excluding tert-OH is 1. The van der Waals surface area contributed by atoms with Gasteiger partial charge in [-0.25, -0.2) is 0 Å². The maximum absolute atomic E-state index is 11.2. The molecule has 0 aliphatic rings. The van der Waals surface area contributed by atoms with E-state index in [4.69, 9.17) is 10.8 Å². The molecule has 1 aromatic rings. The first-order chi connectivity index (χ1) is 7.13. The molecule has 0 radical (unpaired) electrons. The lowest BCUT2D eigenvalue weighted by Crippen LogP contribution is -2.25. The number of pyridine rings is 1. The molecule has 0 aliphatic heterocycles. The van der Waals surface area contributed by atoms with Crippen molar-refractivity contribution in [2.75, 3.05) is 18.9 Å². The monoisotopic (exact) mass is 212 g/mol. The third-order valence-corrected chi connectivity index (χ3v) is 1.66. The normalized spacial score (nSPS) is 9.93. The number of carbonyl (C=O) groups excluding carboxylic acids is 1. The zero-order valence-electron chi connectivity index (χ0n) is 8.05. The van der Waals surface area contributed by atoms with E-state index in [1.165, 1.54) is 18.3 Å². The van der Waals surface area contributed by atoms with E-state index in [0.717, 1.165) is 4.57 Å². The summed E-state index contributed by atoms with van der Waals surface area (Å²) in [4.78, 5) is 22.3. The van der Waals surface area contributed by atoms with Crippen LogP contribution in [-0.2, 0) is 16.1 Å². The van der Waals surface area contributed by atoms with Crippen molar-refractivity contribution < 1.29 is 14.6 Å². The number of aromatic nitrogens is 1. The molecule has 82 valence electrons. The highest BCUT2D eigenvalue weighted by Gasteiger charge is 2.05. The van der Waals surface area contributed by atoms with E-state index in [2.05, 4.69) is 4.74 Å². The van der Waals surface area contributed by atoms with Gasteiger partial charge in [-0.3, -0.25) is 9.59 Å². The quantitative estimate of drug-likeness (QED) is 0.622. The van der Waals surface area contributed by atoms with Gasteiger partial charge in [0.25, 0.3) is 5.56 Å². The fourth-order valence-electron chi connectivity index (χ4n) is 1.02. The van der Waals surface area contributed by atoms with E-state index in [9.17, 15) is 9.59 Å². The molecule has 0 aliphatic carbocycles. The molecule has 1 aromatic heterocycles. The molecule has 0 spiro atoms. The van der Waals surface area contributed by atoms with Crippen LogP contribution in [0.2, 0.25) is 0 Å². The van der Waals surface area contributed by atoms with Crippen LogP contribution in [0.4, 0.5) is 5.69 Å². The molecule has 0 saturated carbocycles. The van der Waals surface area contributed by atoms with Crippen LogP contribution in [0.25, 0.3) is 0 Å². The first kappa shape index (κ1) is 11.3. The molecule has 0 amide bonds. The van der Waals surface area contributed by atoms with E-state index < -0.39 is 5.97 Å². The molecule has 3 N–H and O–H groups in total. The minimum atomic E-state index is -0.586. The van der Waals surface area contributed by atoms with Gasteiger partial charge in [-0.05, 0) is 6.07 Å². The minimum absolute atomic E-state index is 0.0735. The standard InChI is InChI=1S/C9H12N2O4/c10-7-1-2-8(13)11(5-7)6-9(14)15-4-3-12/h1-2,5,12H,3-4,6,10H2. The molecule has 0 bridgehead atoms. The Kier molecular flexibility index (Phi) is 3.87. The number of aliphatic hydroxyl groups is 1. The van der Waals surface area contributed by atoms with Crippen molar-refractivity contribution in [1.29, 1.82) is 0 Å². The Hall–Kier alpha value is -1.82. The van der Waals surface area contributed by atoms with Gasteiger partial charge in [0.1, 0.15) is 13.2 Å². The summed E-state index contributed by atoms with van der Waals surface area (Å²) < 4.78 is 5.75. The van der Waals surface area contributed by atoms with Crippen LogP contribution in [0.1, 0.15) is 0 Å². The second-order valence-corrected chi connectivity index (χ2v) is 2.87. The van der Waals surface area contributed by atoms with Crippen LogP contribution in [0.15, 0.2) is 23.1 Å². The van der Waals surface area contributed by atoms with E-state index in [-0.39, 0.29) is 25.3 Å². The molecule has 1 rings (SSSR count). The lowest BCUT2D eigenvalue weighted by atomic mass is 10.4. The highest BCUT2D eigenvalue weighted by Crippen LogP contribution is 1.96. The molecule has 1 heterocycles. The molecular formula is C9H12N2O4. The summed E-state index contributed by atoms with van der Waals surface area (Å²) in [6, 6.07) is 2.73. The van der Waals surface area contributed by atoms with E-state index >= 15 is 0 Å². The second-order valence-electron chi connectivity index (χ2n) is 2.87. The fourth-order valence-corrected chi connectivity index (χ4v) is 1.02. The number of nitrogens with two attached hydrogens (primary N) is 1. The SMILES string of the molecule is Nc1ccc(=O)n(CC(=O)OCCO)c1. The van der Waals surface area contributed by atoms with Crippen molar-refractivity contribution in [3.8, 4) is 0 Å². The van der Waals surface area contributed by atoms with Crippen molar-refractivity contribution >= 4 is 11.7 Å². The Bertz CT molecular complexity index is 399. The Labute approximate surface area is 85.9 Å². The Morgan fingerprint density at radius 3 is 2.93 bits per heavy atom. The Morgan fingerprint density at radius 1 is 1.53 bits per heavy atom. The summed E-state index contributed by atoms with van der Waals surface area (Å²) >= 11 is 0. The van der Waals surface area contributed by atoms with Crippen LogP contribution < -0.4 is 11.3 Å². The summed E-state index contributed by atoms with van der Waals surface area (Å²) in [5, 5.41) is 8.41. The van der Waals surface area contributed by atoms with Crippen molar-refractivity contribution in [3.05, 3.63) is 28.7 Å². The van der Waals surface area contributed by atoms with Crippen LogP contribution in [0.3, 0.4) is 0 Å². The molecule has 15 heavy (non-hydrogen) atoms. The number of rotatable bonds is 4. The predicted molar refractivity (Wildman–Crippen MR) is 53.2 cm³/mol. The number of nitrogen functional groups attached to an aromatic ring is 1. The minimum Gasteiger partial charge on any atom is -0.462 e.